The van der Waals surface area contributed by atoms with Crippen molar-refractivity contribution in [1.29, 1.82) is 0 Å². The number of ether oxygens (including phenoxy) is 1. The summed E-state index contributed by atoms with van der Waals surface area (Å²) in [6.45, 7) is 7.21. The van der Waals surface area contributed by atoms with Gasteiger partial charge in [0.2, 0.25) is 0 Å². The zero-order valence-electron chi connectivity index (χ0n) is 11.5. The van der Waals surface area contributed by atoms with E-state index < -0.39 is 0 Å². The third-order valence-electron chi connectivity index (χ3n) is 4.50. The molecule has 18 heavy (non-hydrogen) atoms. The lowest BCUT2D eigenvalue weighted by Crippen LogP contribution is -2.12. The summed E-state index contributed by atoms with van der Waals surface area (Å²) >= 11 is 0. The molecule has 0 aromatic rings. The molecule has 2 nitrogen and oxygen atoms in total. The standard InChI is InChI=1S/C10H14.C6H10O2/c1-2-9-7-4-5-8(6-7)10(9)3-1;1-4-8-6(7)5(2)3/h4-5,7-10H,1-3,6H2;2,4H2,1,3H3. The Bertz CT molecular complexity index is 338. The van der Waals surface area contributed by atoms with Crippen LogP contribution < -0.4 is 0 Å². The van der Waals surface area contributed by atoms with Crippen LogP contribution in [0.3, 0.4) is 0 Å². The number of fused-ring (bicyclic) bond motifs is 5. The Morgan fingerprint density at radius 2 is 1.83 bits per heavy atom. The monoisotopic (exact) mass is 248 g/mol. The Hall–Kier alpha value is -1.05. The van der Waals surface area contributed by atoms with E-state index in [2.05, 4.69) is 23.5 Å². The van der Waals surface area contributed by atoms with Gasteiger partial charge in [-0.2, -0.15) is 0 Å². The van der Waals surface area contributed by atoms with E-state index in [9.17, 15) is 4.79 Å². The summed E-state index contributed by atoms with van der Waals surface area (Å²) in [7, 11) is 0. The molecule has 0 aromatic carbocycles. The van der Waals surface area contributed by atoms with Gasteiger partial charge >= 0.3 is 5.97 Å². The summed E-state index contributed by atoms with van der Waals surface area (Å²) in [6, 6.07) is 0. The van der Waals surface area contributed by atoms with Crippen molar-refractivity contribution in [3.8, 4) is 0 Å². The van der Waals surface area contributed by atoms with E-state index in [1.807, 2.05) is 0 Å². The van der Waals surface area contributed by atoms with Gasteiger partial charge in [0.25, 0.3) is 0 Å². The summed E-state index contributed by atoms with van der Waals surface area (Å²) in [5, 5.41) is 0. The van der Waals surface area contributed by atoms with E-state index in [1.54, 1.807) is 13.8 Å². The molecule has 4 atom stereocenters. The number of hydrogen-bond acceptors (Lipinski definition) is 2. The first-order valence-electron chi connectivity index (χ1n) is 7.14. The fraction of sp³-hybridized carbons (Fsp3) is 0.688. The maximum atomic E-state index is 10.4. The molecule has 2 saturated carbocycles. The second kappa shape index (κ2) is 5.73. The highest BCUT2D eigenvalue weighted by Crippen LogP contribution is 2.55. The minimum absolute atomic E-state index is 0.312. The molecule has 0 heterocycles. The number of hydrogen-bond donors (Lipinski definition) is 0. The largest absolute Gasteiger partial charge is 0.463 e. The van der Waals surface area contributed by atoms with Gasteiger partial charge in [0.1, 0.15) is 0 Å². The lowest BCUT2D eigenvalue weighted by Gasteiger charge is -2.19. The van der Waals surface area contributed by atoms with E-state index >= 15 is 0 Å². The average molecular weight is 248 g/mol. The van der Waals surface area contributed by atoms with Crippen LogP contribution in [-0.4, -0.2) is 12.6 Å². The summed E-state index contributed by atoms with van der Waals surface area (Å²) < 4.78 is 4.56. The quantitative estimate of drug-likeness (QED) is 0.423. The zero-order chi connectivity index (χ0) is 13.1. The van der Waals surface area contributed by atoms with Crippen LogP contribution in [0.4, 0.5) is 0 Å². The molecule has 2 heteroatoms. The van der Waals surface area contributed by atoms with E-state index in [0.29, 0.717) is 12.2 Å². The molecule has 0 amide bonds. The fourth-order valence-corrected chi connectivity index (χ4v) is 3.73. The van der Waals surface area contributed by atoms with Gasteiger partial charge in [0.05, 0.1) is 6.61 Å². The second-order valence-corrected chi connectivity index (χ2v) is 5.71. The number of esters is 1. The second-order valence-electron chi connectivity index (χ2n) is 5.71. The van der Waals surface area contributed by atoms with Crippen LogP contribution in [0, 0.1) is 23.7 Å². The molecule has 0 saturated heterocycles. The van der Waals surface area contributed by atoms with Crippen LogP contribution >= 0.6 is 0 Å². The van der Waals surface area contributed by atoms with E-state index in [4.69, 9.17) is 0 Å². The average Bonchev–Trinajstić information content (AvgIpc) is 3.04. The fourth-order valence-electron chi connectivity index (χ4n) is 3.73. The first-order chi connectivity index (χ1) is 8.63. The Morgan fingerprint density at radius 3 is 2.22 bits per heavy atom. The van der Waals surface area contributed by atoms with Crippen molar-refractivity contribution in [1.82, 2.24) is 0 Å². The minimum atomic E-state index is -0.312. The van der Waals surface area contributed by atoms with E-state index in [0.717, 1.165) is 23.7 Å². The van der Waals surface area contributed by atoms with Crippen molar-refractivity contribution in [2.45, 2.75) is 39.5 Å². The zero-order valence-corrected chi connectivity index (χ0v) is 11.5. The molecule has 100 valence electrons. The van der Waals surface area contributed by atoms with Crippen molar-refractivity contribution in [2.75, 3.05) is 6.61 Å². The van der Waals surface area contributed by atoms with Gasteiger partial charge in [-0.25, -0.2) is 4.79 Å². The highest BCUT2D eigenvalue weighted by atomic mass is 16.5. The SMILES string of the molecule is C1=CC2CC1C1CCCC21.C=C(C)C(=O)OCC. The lowest BCUT2D eigenvalue weighted by molar-refractivity contribution is -0.138. The van der Waals surface area contributed by atoms with Crippen LogP contribution in [0.2, 0.25) is 0 Å². The molecule has 4 unspecified atom stereocenters. The molecule has 2 fully saturated rings. The maximum Gasteiger partial charge on any atom is 0.333 e. The summed E-state index contributed by atoms with van der Waals surface area (Å²) in [6.07, 6.45) is 11.1. The molecule has 3 rings (SSSR count). The predicted molar refractivity (Wildman–Crippen MR) is 73.0 cm³/mol. The molecule has 0 aliphatic heterocycles. The molecule has 0 spiro atoms. The van der Waals surface area contributed by atoms with E-state index in [1.165, 1.54) is 25.7 Å². The summed E-state index contributed by atoms with van der Waals surface area (Å²) in [5.74, 6) is 3.95. The Morgan fingerprint density at radius 1 is 1.28 bits per heavy atom. The van der Waals surface area contributed by atoms with Gasteiger partial charge in [0, 0.05) is 5.57 Å². The van der Waals surface area contributed by atoms with Crippen LogP contribution in [0.25, 0.3) is 0 Å². The van der Waals surface area contributed by atoms with Crippen molar-refractivity contribution in [3.63, 3.8) is 0 Å². The summed E-state index contributed by atoms with van der Waals surface area (Å²) in [4.78, 5) is 10.4. The third-order valence-corrected chi connectivity index (χ3v) is 4.50. The van der Waals surface area contributed by atoms with Crippen LogP contribution in [-0.2, 0) is 9.53 Å². The van der Waals surface area contributed by atoms with Gasteiger partial charge < -0.3 is 4.74 Å². The van der Waals surface area contributed by atoms with Crippen molar-refractivity contribution >= 4 is 5.97 Å². The molecule has 2 bridgehead atoms. The smallest absolute Gasteiger partial charge is 0.333 e. The number of carbonyl (C=O) groups excluding carboxylic acids is 1. The Labute approximate surface area is 110 Å². The predicted octanol–water partition coefficient (Wildman–Crippen LogP) is 3.73. The van der Waals surface area contributed by atoms with Crippen molar-refractivity contribution < 1.29 is 9.53 Å². The Balaban J connectivity index is 0.000000139. The van der Waals surface area contributed by atoms with Crippen molar-refractivity contribution in [3.05, 3.63) is 24.3 Å². The lowest BCUT2D eigenvalue weighted by atomic mass is 9.86. The molecular weight excluding hydrogens is 224 g/mol. The van der Waals surface area contributed by atoms with Gasteiger partial charge in [-0.15, -0.1) is 0 Å². The Kier molecular flexibility index (Phi) is 4.26. The first-order valence-corrected chi connectivity index (χ1v) is 7.14. The summed E-state index contributed by atoms with van der Waals surface area (Å²) in [5.41, 5.74) is 0.451. The molecule has 3 aliphatic rings. The molecule has 0 radical (unpaired) electrons. The van der Waals surface area contributed by atoms with Gasteiger partial charge in [-0.1, -0.05) is 25.2 Å². The normalized spacial score (nSPS) is 34.8. The maximum absolute atomic E-state index is 10.4. The topological polar surface area (TPSA) is 26.3 Å². The third kappa shape index (κ3) is 2.68. The van der Waals surface area contributed by atoms with Crippen LogP contribution in [0.15, 0.2) is 24.3 Å². The number of allylic oxidation sites excluding steroid dienone is 2. The number of carbonyl (C=O) groups is 1. The molecular formula is C16H24O2. The first kappa shape index (κ1) is 13.4. The van der Waals surface area contributed by atoms with E-state index in [-0.39, 0.29) is 5.97 Å². The van der Waals surface area contributed by atoms with Crippen LogP contribution in [0.1, 0.15) is 39.5 Å². The highest BCUT2D eigenvalue weighted by molar-refractivity contribution is 5.86. The van der Waals surface area contributed by atoms with Gasteiger partial charge in [-0.05, 0) is 56.8 Å². The highest BCUT2D eigenvalue weighted by Gasteiger charge is 2.46. The molecule has 3 aliphatic carbocycles. The van der Waals surface area contributed by atoms with Crippen molar-refractivity contribution in [2.24, 2.45) is 23.7 Å². The van der Waals surface area contributed by atoms with Gasteiger partial charge in [0.15, 0.2) is 0 Å². The van der Waals surface area contributed by atoms with Crippen LogP contribution in [0.5, 0.6) is 0 Å². The number of rotatable bonds is 2. The van der Waals surface area contributed by atoms with Gasteiger partial charge in [-0.3, -0.25) is 0 Å². The minimum Gasteiger partial charge on any atom is -0.463 e. The molecule has 0 N–H and O–H groups in total. The molecule has 0 aromatic heterocycles.